The Morgan fingerprint density at radius 3 is 2.58 bits per heavy atom. The Labute approximate surface area is 113 Å². The monoisotopic (exact) mass is 285 g/mol. The summed E-state index contributed by atoms with van der Waals surface area (Å²) in [5.74, 6) is -0.395. The SMILES string of the molecule is CNc1ccnc(C(=O)NCC(C)(C)S(C)(=O)=O)c1. The van der Waals surface area contributed by atoms with Crippen LogP contribution in [0.3, 0.4) is 0 Å². The molecule has 0 aromatic carbocycles. The van der Waals surface area contributed by atoms with Gasteiger partial charge in [-0.1, -0.05) is 0 Å². The van der Waals surface area contributed by atoms with Crippen LogP contribution in [0.4, 0.5) is 5.69 Å². The second-order valence-electron chi connectivity index (χ2n) is 4.89. The van der Waals surface area contributed by atoms with E-state index in [1.165, 1.54) is 6.20 Å². The lowest BCUT2D eigenvalue weighted by Gasteiger charge is -2.22. The molecule has 0 aliphatic heterocycles. The van der Waals surface area contributed by atoms with Gasteiger partial charge in [0.1, 0.15) is 5.69 Å². The predicted octanol–water partition coefficient (Wildman–Crippen LogP) is 0.676. The van der Waals surface area contributed by atoms with Crippen LogP contribution in [0.1, 0.15) is 24.3 Å². The van der Waals surface area contributed by atoms with Gasteiger partial charge in [0.25, 0.3) is 5.91 Å². The fourth-order valence-corrected chi connectivity index (χ4v) is 1.56. The van der Waals surface area contributed by atoms with E-state index >= 15 is 0 Å². The molecule has 0 saturated carbocycles. The first-order valence-electron chi connectivity index (χ1n) is 5.79. The summed E-state index contributed by atoms with van der Waals surface area (Å²) >= 11 is 0. The normalized spacial score (nSPS) is 12.0. The van der Waals surface area contributed by atoms with Crippen LogP contribution in [-0.4, -0.2) is 43.9 Å². The van der Waals surface area contributed by atoms with Crippen LogP contribution in [-0.2, 0) is 9.84 Å². The van der Waals surface area contributed by atoms with Crippen LogP contribution in [0.5, 0.6) is 0 Å². The molecule has 0 aliphatic rings. The number of anilines is 1. The van der Waals surface area contributed by atoms with Crippen molar-refractivity contribution in [3.63, 3.8) is 0 Å². The molecule has 1 rings (SSSR count). The summed E-state index contributed by atoms with van der Waals surface area (Å²) in [5, 5.41) is 5.49. The summed E-state index contributed by atoms with van der Waals surface area (Å²) in [6.45, 7) is 3.18. The Balaban J connectivity index is 2.76. The minimum atomic E-state index is -3.24. The summed E-state index contributed by atoms with van der Waals surface area (Å²) in [4.78, 5) is 15.8. The third kappa shape index (κ3) is 3.92. The lowest BCUT2D eigenvalue weighted by atomic mass is 10.2. The van der Waals surface area contributed by atoms with Gasteiger partial charge in [-0.05, 0) is 26.0 Å². The van der Waals surface area contributed by atoms with Crippen LogP contribution in [0.2, 0.25) is 0 Å². The van der Waals surface area contributed by atoms with Gasteiger partial charge in [0.15, 0.2) is 9.84 Å². The van der Waals surface area contributed by atoms with Crippen molar-refractivity contribution in [2.45, 2.75) is 18.6 Å². The van der Waals surface area contributed by atoms with Crippen molar-refractivity contribution in [2.24, 2.45) is 0 Å². The van der Waals surface area contributed by atoms with E-state index in [-0.39, 0.29) is 12.2 Å². The zero-order chi connectivity index (χ0) is 14.7. The average Bonchev–Trinajstić information content (AvgIpc) is 2.34. The van der Waals surface area contributed by atoms with Crippen molar-refractivity contribution in [3.05, 3.63) is 24.0 Å². The average molecular weight is 285 g/mol. The lowest BCUT2D eigenvalue weighted by Crippen LogP contribution is -2.43. The maximum atomic E-state index is 11.9. The first-order chi connectivity index (χ1) is 8.67. The van der Waals surface area contributed by atoms with Gasteiger partial charge < -0.3 is 10.6 Å². The van der Waals surface area contributed by atoms with Crippen LogP contribution >= 0.6 is 0 Å². The van der Waals surface area contributed by atoms with E-state index in [1.807, 2.05) is 0 Å². The maximum absolute atomic E-state index is 11.9. The summed E-state index contributed by atoms with van der Waals surface area (Å²) in [6.07, 6.45) is 2.67. The Bertz CT molecular complexity index is 567. The van der Waals surface area contributed by atoms with Crippen molar-refractivity contribution in [1.82, 2.24) is 10.3 Å². The molecule has 19 heavy (non-hydrogen) atoms. The number of nitrogens with zero attached hydrogens (tertiary/aromatic N) is 1. The van der Waals surface area contributed by atoms with Crippen LogP contribution in [0, 0.1) is 0 Å². The molecular formula is C12H19N3O3S. The quantitative estimate of drug-likeness (QED) is 0.830. The smallest absolute Gasteiger partial charge is 0.270 e. The number of rotatable bonds is 5. The molecule has 7 heteroatoms. The van der Waals surface area contributed by atoms with E-state index in [0.29, 0.717) is 0 Å². The highest BCUT2D eigenvalue weighted by atomic mass is 32.2. The second kappa shape index (κ2) is 5.56. The topological polar surface area (TPSA) is 88.2 Å². The number of pyridine rings is 1. The number of aromatic nitrogens is 1. The zero-order valence-corrected chi connectivity index (χ0v) is 12.3. The van der Waals surface area contributed by atoms with Gasteiger partial charge in [0.2, 0.25) is 0 Å². The van der Waals surface area contributed by atoms with Gasteiger partial charge in [-0.25, -0.2) is 8.42 Å². The highest BCUT2D eigenvalue weighted by Gasteiger charge is 2.30. The van der Waals surface area contributed by atoms with Crippen molar-refractivity contribution in [3.8, 4) is 0 Å². The van der Waals surface area contributed by atoms with Crippen molar-refractivity contribution >= 4 is 21.4 Å². The number of carbonyl (C=O) groups is 1. The van der Waals surface area contributed by atoms with Crippen molar-refractivity contribution < 1.29 is 13.2 Å². The predicted molar refractivity (Wildman–Crippen MR) is 75.0 cm³/mol. The van der Waals surface area contributed by atoms with Gasteiger partial charge in [-0.2, -0.15) is 0 Å². The molecule has 0 atom stereocenters. The molecule has 0 unspecified atom stereocenters. The zero-order valence-electron chi connectivity index (χ0n) is 11.5. The number of sulfone groups is 1. The van der Waals surface area contributed by atoms with E-state index < -0.39 is 20.5 Å². The summed E-state index contributed by atoms with van der Waals surface area (Å²) in [6, 6.07) is 3.33. The summed E-state index contributed by atoms with van der Waals surface area (Å²) in [5.41, 5.74) is 1.01. The minimum absolute atomic E-state index is 0.0378. The molecule has 0 fully saturated rings. The summed E-state index contributed by atoms with van der Waals surface area (Å²) < 4.78 is 22.0. The van der Waals surface area contributed by atoms with Crippen LogP contribution in [0.25, 0.3) is 0 Å². The maximum Gasteiger partial charge on any atom is 0.270 e. The van der Waals surface area contributed by atoms with Crippen molar-refractivity contribution in [2.75, 3.05) is 25.2 Å². The molecule has 0 saturated heterocycles. The molecule has 106 valence electrons. The summed E-state index contributed by atoms with van der Waals surface area (Å²) in [7, 11) is -1.50. The molecule has 0 bridgehead atoms. The third-order valence-corrected chi connectivity index (χ3v) is 5.11. The number of amides is 1. The van der Waals surface area contributed by atoms with E-state index in [4.69, 9.17) is 0 Å². The molecule has 1 heterocycles. The fraction of sp³-hybridized carbons (Fsp3) is 0.500. The molecule has 2 N–H and O–H groups in total. The highest BCUT2D eigenvalue weighted by Crippen LogP contribution is 2.14. The Morgan fingerprint density at radius 1 is 1.42 bits per heavy atom. The van der Waals surface area contributed by atoms with Gasteiger partial charge in [-0.3, -0.25) is 9.78 Å². The van der Waals surface area contributed by atoms with Gasteiger partial charge in [-0.15, -0.1) is 0 Å². The molecule has 6 nitrogen and oxygen atoms in total. The first-order valence-corrected chi connectivity index (χ1v) is 7.68. The molecular weight excluding hydrogens is 266 g/mol. The van der Waals surface area contributed by atoms with E-state index in [0.717, 1.165) is 11.9 Å². The molecule has 1 aromatic heterocycles. The highest BCUT2D eigenvalue weighted by molar-refractivity contribution is 7.92. The second-order valence-corrected chi connectivity index (χ2v) is 7.54. The molecule has 1 aromatic rings. The molecule has 0 aliphatic carbocycles. The Hall–Kier alpha value is -1.63. The number of carbonyl (C=O) groups excluding carboxylic acids is 1. The largest absolute Gasteiger partial charge is 0.388 e. The van der Waals surface area contributed by atoms with E-state index in [9.17, 15) is 13.2 Å². The number of hydrogen-bond acceptors (Lipinski definition) is 5. The van der Waals surface area contributed by atoms with Gasteiger partial charge in [0.05, 0.1) is 4.75 Å². The Morgan fingerprint density at radius 2 is 2.05 bits per heavy atom. The minimum Gasteiger partial charge on any atom is -0.388 e. The molecule has 1 amide bonds. The Kier molecular flexibility index (Phi) is 4.52. The van der Waals surface area contributed by atoms with Gasteiger partial charge in [0, 0.05) is 31.7 Å². The van der Waals surface area contributed by atoms with E-state index in [2.05, 4.69) is 15.6 Å². The van der Waals surface area contributed by atoms with Gasteiger partial charge >= 0.3 is 0 Å². The number of hydrogen-bond donors (Lipinski definition) is 2. The number of nitrogens with one attached hydrogen (secondary N) is 2. The van der Waals surface area contributed by atoms with E-state index in [1.54, 1.807) is 33.0 Å². The lowest BCUT2D eigenvalue weighted by molar-refractivity contribution is 0.0945. The molecule has 0 radical (unpaired) electrons. The van der Waals surface area contributed by atoms with Crippen LogP contribution in [0.15, 0.2) is 18.3 Å². The fourth-order valence-electron chi connectivity index (χ4n) is 1.23. The van der Waals surface area contributed by atoms with Crippen LogP contribution < -0.4 is 10.6 Å². The van der Waals surface area contributed by atoms with Crippen molar-refractivity contribution in [1.29, 1.82) is 0 Å². The molecule has 0 spiro atoms. The third-order valence-electron chi connectivity index (χ3n) is 2.96. The first kappa shape index (κ1) is 15.4. The standard InChI is InChI=1S/C12H19N3O3S/c1-12(2,19(4,17)18)8-15-11(16)10-7-9(13-3)5-6-14-10/h5-7H,8H2,1-4H3,(H,13,14)(H,15,16).